The standard InChI is InChI=1S/C18H22Cl2N2O2/c1-13(2)5-4-6-14(3)9-10-21-22-18(23)12-24-17-8-7-15(19)11-16(17)20/h5,7-11H,4,6,12H2,1-3H3,(H,22,23)/b14-9+,21-10+. The first-order valence-corrected chi connectivity index (χ1v) is 8.33. The van der Waals surface area contributed by atoms with Crippen molar-refractivity contribution in [3.8, 4) is 5.75 Å². The van der Waals surface area contributed by atoms with Gasteiger partial charge in [0.1, 0.15) is 5.75 Å². The van der Waals surface area contributed by atoms with Crippen LogP contribution in [0.1, 0.15) is 33.6 Å². The van der Waals surface area contributed by atoms with Gasteiger partial charge in [-0.3, -0.25) is 4.79 Å². The Hall–Kier alpha value is -1.78. The first kappa shape index (κ1) is 20.3. The van der Waals surface area contributed by atoms with Gasteiger partial charge in [0.05, 0.1) is 5.02 Å². The fourth-order valence-electron chi connectivity index (χ4n) is 1.71. The summed E-state index contributed by atoms with van der Waals surface area (Å²) in [6, 6.07) is 4.80. The Morgan fingerprint density at radius 1 is 1.29 bits per heavy atom. The van der Waals surface area contributed by atoms with Crippen LogP contribution in [0, 0.1) is 0 Å². The Kier molecular flexibility index (Phi) is 9.20. The number of nitrogens with one attached hydrogen (secondary N) is 1. The monoisotopic (exact) mass is 368 g/mol. The third-order valence-electron chi connectivity index (χ3n) is 2.97. The van der Waals surface area contributed by atoms with Gasteiger partial charge in [-0.2, -0.15) is 5.10 Å². The van der Waals surface area contributed by atoms with Gasteiger partial charge in [-0.1, -0.05) is 40.4 Å². The van der Waals surface area contributed by atoms with Crippen molar-refractivity contribution < 1.29 is 9.53 Å². The summed E-state index contributed by atoms with van der Waals surface area (Å²) in [5.74, 6) is 0.0306. The lowest BCUT2D eigenvalue weighted by Crippen LogP contribution is -2.24. The molecule has 0 aromatic heterocycles. The molecule has 0 saturated carbocycles. The number of allylic oxidation sites excluding steroid dienone is 4. The maximum absolute atomic E-state index is 11.6. The third kappa shape index (κ3) is 8.75. The molecule has 0 aliphatic rings. The molecule has 0 spiro atoms. The van der Waals surface area contributed by atoms with Crippen molar-refractivity contribution in [2.45, 2.75) is 33.6 Å². The summed E-state index contributed by atoms with van der Waals surface area (Å²) in [6.07, 6.45) is 7.58. The van der Waals surface area contributed by atoms with Crippen molar-refractivity contribution in [2.24, 2.45) is 5.10 Å². The number of rotatable bonds is 8. The maximum Gasteiger partial charge on any atom is 0.277 e. The number of hydrogen-bond acceptors (Lipinski definition) is 3. The third-order valence-corrected chi connectivity index (χ3v) is 3.50. The molecular weight excluding hydrogens is 347 g/mol. The van der Waals surface area contributed by atoms with Gasteiger partial charge in [-0.15, -0.1) is 0 Å². The minimum Gasteiger partial charge on any atom is -0.482 e. The van der Waals surface area contributed by atoms with E-state index in [0.717, 1.165) is 12.8 Å². The summed E-state index contributed by atoms with van der Waals surface area (Å²) >= 11 is 11.7. The number of ether oxygens (including phenoxy) is 1. The molecule has 0 radical (unpaired) electrons. The predicted molar refractivity (Wildman–Crippen MR) is 101 cm³/mol. The molecule has 4 nitrogen and oxygen atoms in total. The fraction of sp³-hybridized carbons (Fsp3) is 0.333. The normalized spacial score (nSPS) is 11.5. The van der Waals surface area contributed by atoms with E-state index >= 15 is 0 Å². The molecule has 0 fully saturated rings. The Morgan fingerprint density at radius 3 is 2.71 bits per heavy atom. The van der Waals surface area contributed by atoms with Gasteiger partial charge >= 0.3 is 0 Å². The van der Waals surface area contributed by atoms with Gasteiger partial charge < -0.3 is 4.74 Å². The Morgan fingerprint density at radius 2 is 2.04 bits per heavy atom. The van der Waals surface area contributed by atoms with Crippen molar-refractivity contribution in [3.05, 3.63) is 51.5 Å². The largest absolute Gasteiger partial charge is 0.482 e. The molecule has 6 heteroatoms. The second kappa shape index (κ2) is 10.9. The number of hydrogen-bond donors (Lipinski definition) is 1. The number of carbonyl (C=O) groups excluding carboxylic acids is 1. The number of amides is 1. The average Bonchev–Trinajstić information content (AvgIpc) is 2.50. The molecule has 1 rings (SSSR count). The van der Waals surface area contributed by atoms with Crippen LogP contribution in [0.2, 0.25) is 10.0 Å². The van der Waals surface area contributed by atoms with E-state index in [1.807, 2.05) is 13.0 Å². The van der Waals surface area contributed by atoms with Gasteiger partial charge in [-0.05, 0) is 57.9 Å². The molecule has 0 heterocycles. The lowest BCUT2D eigenvalue weighted by molar-refractivity contribution is -0.123. The van der Waals surface area contributed by atoms with Crippen LogP contribution in [0.25, 0.3) is 0 Å². The van der Waals surface area contributed by atoms with E-state index in [4.69, 9.17) is 27.9 Å². The second-order valence-corrected chi connectivity index (χ2v) is 6.35. The molecule has 0 atom stereocenters. The van der Waals surface area contributed by atoms with Crippen molar-refractivity contribution in [1.29, 1.82) is 0 Å². The molecule has 0 aliphatic carbocycles. The first-order valence-electron chi connectivity index (χ1n) is 7.57. The summed E-state index contributed by atoms with van der Waals surface area (Å²) in [6.45, 7) is 6.00. The summed E-state index contributed by atoms with van der Waals surface area (Å²) in [4.78, 5) is 11.6. The molecule has 1 aromatic carbocycles. The Balaban J connectivity index is 2.33. The molecule has 1 N–H and O–H groups in total. The molecule has 0 unspecified atom stereocenters. The molecule has 24 heavy (non-hydrogen) atoms. The molecule has 1 amide bonds. The van der Waals surface area contributed by atoms with Gasteiger partial charge in [0.2, 0.25) is 0 Å². The summed E-state index contributed by atoms with van der Waals surface area (Å²) in [5, 5.41) is 4.72. The number of nitrogens with zero attached hydrogens (tertiary/aromatic N) is 1. The lowest BCUT2D eigenvalue weighted by atomic mass is 10.1. The van der Waals surface area contributed by atoms with Gasteiger partial charge in [0.15, 0.2) is 6.61 Å². The van der Waals surface area contributed by atoms with Gasteiger partial charge in [-0.25, -0.2) is 5.43 Å². The molecule has 1 aromatic rings. The van der Waals surface area contributed by atoms with Crippen LogP contribution in [-0.4, -0.2) is 18.7 Å². The lowest BCUT2D eigenvalue weighted by Gasteiger charge is -2.06. The summed E-state index contributed by atoms with van der Waals surface area (Å²) < 4.78 is 5.31. The van der Waals surface area contributed by atoms with Crippen LogP contribution in [0.5, 0.6) is 5.75 Å². The highest BCUT2D eigenvalue weighted by Gasteiger charge is 2.05. The highest BCUT2D eigenvalue weighted by molar-refractivity contribution is 6.35. The Labute approximate surface area is 153 Å². The first-order chi connectivity index (χ1) is 11.4. The van der Waals surface area contributed by atoms with E-state index in [2.05, 4.69) is 30.5 Å². The molecule has 0 aliphatic heterocycles. The van der Waals surface area contributed by atoms with E-state index in [0.29, 0.717) is 15.8 Å². The molecular formula is C18H22Cl2N2O2. The number of halogens is 2. The number of carbonyl (C=O) groups is 1. The zero-order chi connectivity index (χ0) is 17.9. The van der Waals surface area contributed by atoms with E-state index in [1.54, 1.807) is 24.4 Å². The minimum atomic E-state index is -0.368. The van der Waals surface area contributed by atoms with E-state index in [9.17, 15) is 4.79 Å². The number of benzene rings is 1. The zero-order valence-electron chi connectivity index (χ0n) is 14.1. The molecule has 0 bridgehead atoms. The second-order valence-electron chi connectivity index (χ2n) is 5.51. The number of hydrazone groups is 1. The van der Waals surface area contributed by atoms with E-state index in [-0.39, 0.29) is 12.5 Å². The average molecular weight is 369 g/mol. The highest BCUT2D eigenvalue weighted by Crippen LogP contribution is 2.27. The zero-order valence-corrected chi connectivity index (χ0v) is 15.6. The van der Waals surface area contributed by atoms with Crippen molar-refractivity contribution >= 4 is 35.3 Å². The highest BCUT2D eigenvalue weighted by atomic mass is 35.5. The van der Waals surface area contributed by atoms with Crippen LogP contribution < -0.4 is 10.2 Å². The smallest absolute Gasteiger partial charge is 0.277 e. The van der Waals surface area contributed by atoms with Crippen LogP contribution in [0.3, 0.4) is 0 Å². The fourth-order valence-corrected chi connectivity index (χ4v) is 2.18. The van der Waals surface area contributed by atoms with E-state index in [1.165, 1.54) is 11.1 Å². The maximum atomic E-state index is 11.6. The quantitative estimate of drug-likeness (QED) is 0.391. The summed E-state index contributed by atoms with van der Waals surface area (Å²) in [5.41, 5.74) is 4.89. The predicted octanol–water partition coefficient (Wildman–Crippen LogP) is 5.17. The minimum absolute atomic E-state index is 0.179. The van der Waals surface area contributed by atoms with Crippen LogP contribution in [-0.2, 0) is 4.79 Å². The van der Waals surface area contributed by atoms with Crippen LogP contribution in [0.15, 0.2) is 46.6 Å². The van der Waals surface area contributed by atoms with Crippen molar-refractivity contribution in [3.63, 3.8) is 0 Å². The molecule has 0 saturated heterocycles. The SMILES string of the molecule is CC(C)=CCC/C(C)=C/C=N/NC(=O)COc1ccc(Cl)cc1Cl. The van der Waals surface area contributed by atoms with E-state index < -0.39 is 0 Å². The van der Waals surface area contributed by atoms with Crippen LogP contribution >= 0.6 is 23.2 Å². The van der Waals surface area contributed by atoms with Gasteiger partial charge in [0.25, 0.3) is 5.91 Å². The summed E-state index contributed by atoms with van der Waals surface area (Å²) in [7, 11) is 0. The molecule has 130 valence electrons. The topological polar surface area (TPSA) is 50.7 Å². The Bertz CT molecular complexity index is 648. The van der Waals surface area contributed by atoms with Crippen LogP contribution in [0.4, 0.5) is 0 Å². The van der Waals surface area contributed by atoms with Gasteiger partial charge in [0, 0.05) is 11.2 Å². The van der Waals surface area contributed by atoms with Crippen molar-refractivity contribution in [1.82, 2.24) is 5.43 Å². The van der Waals surface area contributed by atoms with Crippen molar-refractivity contribution in [2.75, 3.05) is 6.61 Å².